The third-order valence-corrected chi connectivity index (χ3v) is 3.55. The van der Waals surface area contributed by atoms with Crippen molar-refractivity contribution in [3.63, 3.8) is 0 Å². The summed E-state index contributed by atoms with van der Waals surface area (Å²) in [6.07, 6.45) is 0. The van der Waals surface area contributed by atoms with Crippen molar-refractivity contribution in [2.24, 2.45) is 5.41 Å². The quantitative estimate of drug-likeness (QED) is 0.729. The fourth-order valence-corrected chi connectivity index (χ4v) is 2.14. The summed E-state index contributed by atoms with van der Waals surface area (Å²) in [7, 11) is 1.91. The minimum Gasteiger partial charge on any atom is -0.508 e. The topological polar surface area (TPSA) is 63.9 Å². The summed E-state index contributed by atoms with van der Waals surface area (Å²) < 4.78 is 0. The van der Waals surface area contributed by atoms with Crippen molar-refractivity contribution in [1.82, 2.24) is 4.90 Å². The zero-order chi connectivity index (χ0) is 14.6. The number of aryl methyl sites for hydroxylation is 2. The number of phenolic OH excluding ortho intramolecular Hbond substituents is 1. The van der Waals surface area contributed by atoms with Crippen LogP contribution < -0.4 is 0 Å². The van der Waals surface area contributed by atoms with Gasteiger partial charge < -0.3 is 20.2 Å². The van der Waals surface area contributed by atoms with Gasteiger partial charge in [0.2, 0.25) is 0 Å². The summed E-state index contributed by atoms with van der Waals surface area (Å²) in [6, 6.07) is 3.76. The van der Waals surface area contributed by atoms with Crippen LogP contribution in [0.15, 0.2) is 12.1 Å². The molecule has 0 aliphatic rings. The van der Waals surface area contributed by atoms with E-state index in [1.165, 1.54) is 0 Å². The summed E-state index contributed by atoms with van der Waals surface area (Å²) in [4.78, 5) is 2.00. The average molecular weight is 267 g/mol. The minimum atomic E-state index is -0.524. The number of hydrogen-bond donors (Lipinski definition) is 3. The van der Waals surface area contributed by atoms with Gasteiger partial charge >= 0.3 is 0 Å². The molecule has 3 N–H and O–H groups in total. The van der Waals surface area contributed by atoms with E-state index in [4.69, 9.17) is 0 Å². The molecule has 0 saturated heterocycles. The molecule has 4 heteroatoms. The molecule has 4 nitrogen and oxygen atoms in total. The van der Waals surface area contributed by atoms with E-state index in [0.717, 1.165) is 16.7 Å². The van der Waals surface area contributed by atoms with Crippen LogP contribution in [0.3, 0.4) is 0 Å². The molecule has 0 atom stereocenters. The second kappa shape index (κ2) is 6.37. The first-order chi connectivity index (χ1) is 8.81. The Morgan fingerprint density at radius 1 is 1.11 bits per heavy atom. The number of hydrogen-bond acceptors (Lipinski definition) is 4. The fourth-order valence-electron chi connectivity index (χ4n) is 2.14. The fraction of sp³-hybridized carbons (Fsp3) is 0.600. The summed E-state index contributed by atoms with van der Waals surface area (Å²) >= 11 is 0. The maximum Gasteiger partial charge on any atom is 0.120 e. The zero-order valence-corrected chi connectivity index (χ0v) is 12.3. The molecule has 0 aliphatic carbocycles. The van der Waals surface area contributed by atoms with Gasteiger partial charge in [0.05, 0.1) is 13.2 Å². The Kier molecular flexibility index (Phi) is 5.35. The average Bonchev–Trinajstić information content (AvgIpc) is 2.35. The lowest BCUT2D eigenvalue weighted by atomic mass is 9.92. The van der Waals surface area contributed by atoms with Crippen molar-refractivity contribution >= 4 is 0 Å². The number of rotatable bonds is 6. The molecule has 1 rings (SSSR count). The molecule has 1 aromatic carbocycles. The molecule has 0 aliphatic heterocycles. The van der Waals surface area contributed by atoms with E-state index < -0.39 is 5.41 Å². The Balaban J connectivity index is 2.77. The highest BCUT2D eigenvalue weighted by Crippen LogP contribution is 2.24. The number of aromatic hydroxyl groups is 1. The standard InChI is InChI=1S/C15H25NO3/c1-11-5-13(14(19)6-12(11)2)7-16(4)8-15(3,9-17)10-18/h5-6,17-19H,7-10H2,1-4H3. The van der Waals surface area contributed by atoms with Crippen LogP contribution in [0.5, 0.6) is 5.75 Å². The van der Waals surface area contributed by atoms with Crippen molar-refractivity contribution < 1.29 is 15.3 Å². The Labute approximate surface area is 115 Å². The Bertz CT molecular complexity index is 428. The summed E-state index contributed by atoms with van der Waals surface area (Å²) in [6.45, 7) is 6.85. The molecular formula is C15H25NO3. The van der Waals surface area contributed by atoms with Crippen LogP contribution in [-0.2, 0) is 6.54 Å². The smallest absolute Gasteiger partial charge is 0.120 e. The van der Waals surface area contributed by atoms with E-state index in [0.29, 0.717) is 18.8 Å². The SMILES string of the molecule is Cc1cc(O)c(CN(C)CC(C)(CO)CO)cc1C. The normalized spacial score (nSPS) is 12.2. The summed E-state index contributed by atoms with van der Waals surface area (Å²) in [5.41, 5.74) is 2.56. The van der Waals surface area contributed by atoms with E-state index >= 15 is 0 Å². The molecule has 19 heavy (non-hydrogen) atoms. The van der Waals surface area contributed by atoms with Crippen LogP contribution >= 0.6 is 0 Å². The first-order valence-electron chi connectivity index (χ1n) is 6.50. The highest BCUT2D eigenvalue weighted by molar-refractivity contribution is 5.40. The van der Waals surface area contributed by atoms with Crippen LogP contribution in [0.2, 0.25) is 0 Å². The molecule has 0 unspecified atom stereocenters. The number of nitrogens with zero attached hydrogens (tertiary/aromatic N) is 1. The van der Waals surface area contributed by atoms with Gasteiger partial charge in [-0.3, -0.25) is 0 Å². The predicted octanol–water partition coefficient (Wildman–Crippen LogP) is 1.43. The predicted molar refractivity (Wildman–Crippen MR) is 76.2 cm³/mol. The van der Waals surface area contributed by atoms with Gasteiger partial charge in [0, 0.05) is 24.1 Å². The molecule has 0 radical (unpaired) electrons. The minimum absolute atomic E-state index is 0.0628. The van der Waals surface area contributed by atoms with Crippen LogP contribution in [0.25, 0.3) is 0 Å². The Morgan fingerprint density at radius 3 is 2.16 bits per heavy atom. The molecular weight excluding hydrogens is 242 g/mol. The molecule has 0 fully saturated rings. The second-order valence-electron chi connectivity index (χ2n) is 5.86. The molecule has 0 bridgehead atoms. The van der Waals surface area contributed by atoms with Gasteiger partial charge in [0.25, 0.3) is 0 Å². The maximum atomic E-state index is 9.95. The first-order valence-corrected chi connectivity index (χ1v) is 6.50. The van der Waals surface area contributed by atoms with Crippen molar-refractivity contribution in [2.75, 3.05) is 26.8 Å². The second-order valence-corrected chi connectivity index (χ2v) is 5.86. The van der Waals surface area contributed by atoms with Gasteiger partial charge in [-0.2, -0.15) is 0 Å². The number of aliphatic hydroxyl groups excluding tert-OH is 2. The molecule has 0 heterocycles. The third kappa shape index (κ3) is 4.20. The van der Waals surface area contributed by atoms with Gasteiger partial charge in [-0.1, -0.05) is 13.0 Å². The van der Waals surface area contributed by atoms with Crippen LogP contribution in [0.1, 0.15) is 23.6 Å². The molecule has 1 aromatic rings. The Morgan fingerprint density at radius 2 is 1.63 bits per heavy atom. The largest absolute Gasteiger partial charge is 0.508 e. The van der Waals surface area contributed by atoms with Gasteiger partial charge in [-0.15, -0.1) is 0 Å². The lowest BCUT2D eigenvalue weighted by Crippen LogP contribution is -2.38. The van der Waals surface area contributed by atoms with E-state index in [-0.39, 0.29) is 13.2 Å². The van der Waals surface area contributed by atoms with E-state index in [1.807, 2.05) is 38.8 Å². The van der Waals surface area contributed by atoms with Crippen molar-refractivity contribution in [2.45, 2.75) is 27.3 Å². The van der Waals surface area contributed by atoms with E-state index in [2.05, 4.69) is 0 Å². The third-order valence-electron chi connectivity index (χ3n) is 3.55. The Hall–Kier alpha value is -1.10. The van der Waals surface area contributed by atoms with E-state index in [9.17, 15) is 15.3 Å². The van der Waals surface area contributed by atoms with E-state index in [1.54, 1.807) is 6.07 Å². The van der Waals surface area contributed by atoms with Gasteiger partial charge in [0.1, 0.15) is 5.75 Å². The van der Waals surface area contributed by atoms with Crippen LogP contribution in [0.4, 0.5) is 0 Å². The van der Waals surface area contributed by atoms with Crippen molar-refractivity contribution in [1.29, 1.82) is 0 Å². The summed E-state index contributed by atoms with van der Waals surface area (Å²) in [5.74, 6) is 0.296. The number of aliphatic hydroxyl groups is 2. The van der Waals surface area contributed by atoms with Gasteiger partial charge in [-0.25, -0.2) is 0 Å². The lowest BCUT2D eigenvalue weighted by Gasteiger charge is -2.30. The molecule has 108 valence electrons. The molecule has 0 spiro atoms. The molecule has 0 saturated carbocycles. The first kappa shape index (κ1) is 16.0. The van der Waals surface area contributed by atoms with Crippen molar-refractivity contribution in [3.8, 4) is 5.75 Å². The summed E-state index contributed by atoms with van der Waals surface area (Å²) in [5, 5.41) is 28.6. The highest BCUT2D eigenvalue weighted by Gasteiger charge is 2.24. The molecule has 0 aromatic heterocycles. The monoisotopic (exact) mass is 267 g/mol. The maximum absolute atomic E-state index is 9.95. The zero-order valence-electron chi connectivity index (χ0n) is 12.3. The van der Waals surface area contributed by atoms with Gasteiger partial charge in [-0.05, 0) is 38.1 Å². The molecule has 0 amide bonds. The highest BCUT2D eigenvalue weighted by atomic mass is 16.3. The van der Waals surface area contributed by atoms with Crippen LogP contribution in [0, 0.1) is 19.3 Å². The van der Waals surface area contributed by atoms with Gasteiger partial charge in [0.15, 0.2) is 0 Å². The van der Waals surface area contributed by atoms with Crippen molar-refractivity contribution in [3.05, 3.63) is 28.8 Å². The lowest BCUT2D eigenvalue weighted by molar-refractivity contribution is 0.0400. The number of phenols is 1. The van der Waals surface area contributed by atoms with Crippen LogP contribution in [-0.4, -0.2) is 47.0 Å². The number of benzene rings is 1.